The summed E-state index contributed by atoms with van der Waals surface area (Å²) in [5.74, 6) is -0.348. The van der Waals surface area contributed by atoms with Crippen LogP contribution >= 0.6 is 0 Å². The van der Waals surface area contributed by atoms with Gasteiger partial charge in [0.25, 0.3) is 11.5 Å². The molecule has 2 aromatic rings. The van der Waals surface area contributed by atoms with Gasteiger partial charge in [0.05, 0.1) is 13.2 Å². The maximum atomic E-state index is 12.5. The number of aryl methyl sites for hydroxylation is 1. The Bertz CT molecular complexity index is 934. The molecular formula is C22H28N4O3. The third kappa shape index (κ3) is 4.68. The number of hydrogen-bond acceptors (Lipinski definition) is 5. The maximum absolute atomic E-state index is 12.5. The van der Waals surface area contributed by atoms with Gasteiger partial charge < -0.3 is 19.9 Å². The van der Waals surface area contributed by atoms with Crippen molar-refractivity contribution in [1.29, 1.82) is 0 Å². The maximum Gasteiger partial charge on any atom is 0.261 e. The largest absolute Gasteiger partial charge is 0.379 e. The third-order valence-electron chi connectivity index (χ3n) is 5.66. The minimum atomic E-state index is -0.348. The molecule has 1 saturated heterocycles. The molecule has 2 aliphatic heterocycles. The number of aromatic nitrogens is 1. The number of pyridine rings is 1. The summed E-state index contributed by atoms with van der Waals surface area (Å²) in [7, 11) is 2.11. The van der Waals surface area contributed by atoms with E-state index in [1.807, 2.05) is 12.1 Å². The highest BCUT2D eigenvalue weighted by Gasteiger charge is 2.16. The van der Waals surface area contributed by atoms with Crippen molar-refractivity contribution in [1.82, 2.24) is 15.2 Å². The standard InChI is InChI=1S/C22H28N4O3/c1-25-8-2-3-17-13-16(4-7-20(17)25)14-23-21(27)19-6-5-18(24-22(19)28)15-26-9-11-29-12-10-26/h4-7,13H,2-3,8-12,14-15H2,1H3,(H,23,27)(H,24,28). The number of carbonyl (C=O) groups is 1. The number of aromatic amines is 1. The molecule has 4 rings (SSSR count). The van der Waals surface area contributed by atoms with Gasteiger partial charge in [0.2, 0.25) is 0 Å². The van der Waals surface area contributed by atoms with Crippen LogP contribution in [0.4, 0.5) is 5.69 Å². The zero-order valence-electron chi connectivity index (χ0n) is 16.9. The molecule has 3 heterocycles. The van der Waals surface area contributed by atoms with E-state index in [-0.39, 0.29) is 17.0 Å². The second-order valence-corrected chi connectivity index (χ2v) is 7.79. The molecule has 0 atom stereocenters. The number of nitrogens with zero attached hydrogens (tertiary/aromatic N) is 2. The van der Waals surface area contributed by atoms with E-state index in [2.05, 4.69) is 39.3 Å². The van der Waals surface area contributed by atoms with Crippen LogP contribution in [0.15, 0.2) is 35.1 Å². The minimum absolute atomic E-state index is 0.147. The number of fused-ring (bicyclic) bond motifs is 1. The summed E-state index contributed by atoms with van der Waals surface area (Å²) in [4.78, 5) is 32.2. The molecule has 1 aromatic carbocycles. The van der Waals surface area contributed by atoms with E-state index in [9.17, 15) is 9.59 Å². The average molecular weight is 396 g/mol. The lowest BCUT2D eigenvalue weighted by molar-refractivity contribution is 0.0336. The van der Waals surface area contributed by atoms with Crippen molar-refractivity contribution in [3.8, 4) is 0 Å². The summed E-state index contributed by atoms with van der Waals surface area (Å²) in [6, 6.07) is 9.74. The quantitative estimate of drug-likeness (QED) is 0.801. The summed E-state index contributed by atoms with van der Waals surface area (Å²) in [5.41, 5.74) is 4.24. The summed E-state index contributed by atoms with van der Waals surface area (Å²) < 4.78 is 5.34. The van der Waals surface area contributed by atoms with Gasteiger partial charge in [-0.15, -0.1) is 0 Å². The Morgan fingerprint density at radius 3 is 2.79 bits per heavy atom. The Morgan fingerprint density at radius 1 is 1.17 bits per heavy atom. The van der Waals surface area contributed by atoms with Gasteiger partial charge in [0.15, 0.2) is 0 Å². The predicted molar refractivity (Wildman–Crippen MR) is 112 cm³/mol. The number of carbonyl (C=O) groups excluding carboxylic acids is 1. The smallest absolute Gasteiger partial charge is 0.261 e. The van der Waals surface area contributed by atoms with E-state index < -0.39 is 0 Å². The van der Waals surface area contributed by atoms with E-state index in [1.54, 1.807) is 6.07 Å². The molecule has 1 amide bonds. The first kappa shape index (κ1) is 19.7. The first-order valence-corrected chi connectivity index (χ1v) is 10.2. The third-order valence-corrected chi connectivity index (χ3v) is 5.66. The fraction of sp³-hybridized carbons (Fsp3) is 0.455. The van der Waals surface area contributed by atoms with Crippen LogP contribution in [0.3, 0.4) is 0 Å². The Balaban J connectivity index is 1.37. The number of nitrogens with one attached hydrogen (secondary N) is 2. The minimum Gasteiger partial charge on any atom is -0.379 e. The number of H-pyrrole nitrogens is 1. The Hall–Kier alpha value is -2.64. The van der Waals surface area contributed by atoms with Crippen LogP contribution in [0.25, 0.3) is 0 Å². The van der Waals surface area contributed by atoms with Gasteiger partial charge in [0, 0.05) is 51.2 Å². The van der Waals surface area contributed by atoms with Gasteiger partial charge in [-0.3, -0.25) is 14.5 Å². The van der Waals surface area contributed by atoms with Crippen molar-refractivity contribution in [3.63, 3.8) is 0 Å². The number of amides is 1. The van der Waals surface area contributed by atoms with Crippen LogP contribution in [-0.2, 0) is 24.2 Å². The second-order valence-electron chi connectivity index (χ2n) is 7.79. The van der Waals surface area contributed by atoms with Crippen molar-refractivity contribution < 1.29 is 9.53 Å². The van der Waals surface area contributed by atoms with E-state index in [1.165, 1.54) is 11.3 Å². The molecule has 0 radical (unpaired) electrons. The van der Waals surface area contributed by atoms with Crippen molar-refractivity contribution in [2.75, 3.05) is 44.8 Å². The zero-order valence-corrected chi connectivity index (χ0v) is 16.9. The molecule has 1 fully saturated rings. The molecule has 7 nitrogen and oxygen atoms in total. The van der Waals surface area contributed by atoms with Gasteiger partial charge in [0.1, 0.15) is 5.56 Å². The number of benzene rings is 1. The van der Waals surface area contributed by atoms with Gasteiger partial charge >= 0.3 is 0 Å². The van der Waals surface area contributed by atoms with Gasteiger partial charge in [-0.2, -0.15) is 0 Å². The van der Waals surface area contributed by atoms with Crippen molar-refractivity contribution in [3.05, 3.63) is 63.1 Å². The molecule has 0 bridgehead atoms. The number of rotatable bonds is 5. The summed E-state index contributed by atoms with van der Waals surface area (Å²) >= 11 is 0. The normalized spacial score (nSPS) is 17.1. The van der Waals surface area contributed by atoms with Crippen LogP contribution < -0.4 is 15.8 Å². The average Bonchev–Trinajstić information content (AvgIpc) is 2.73. The van der Waals surface area contributed by atoms with Crippen LogP contribution in [0.1, 0.15) is 33.6 Å². The fourth-order valence-electron chi connectivity index (χ4n) is 4.01. The second kappa shape index (κ2) is 8.80. The molecule has 7 heteroatoms. The topological polar surface area (TPSA) is 77.7 Å². The predicted octanol–water partition coefficient (Wildman–Crippen LogP) is 1.52. The lowest BCUT2D eigenvalue weighted by Gasteiger charge is -2.27. The molecule has 29 heavy (non-hydrogen) atoms. The number of morpholine rings is 1. The summed E-state index contributed by atoms with van der Waals surface area (Å²) in [5, 5.41) is 2.88. The number of anilines is 1. The highest BCUT2D eigenvalue weighted by Crippen LogP contribution is 2.26. The molecular weight excluding hydrogens is 368 g/mol. The molecule has 2 aliphatic rings. The molecule has 1 aromatic heterocycles. The van der Waals surface area contributed by atoms with E-state index in [0.29, 0.717) is 26.3 Å². The first-order chi connectivity index (χ1) is 14.1. The SMILES string of the molecule is CN1CCCc2cc(CNC(=O)c3ccc(CN4CCOCC4)[nH]c3=O)ccc21. The van der Waals surface area contributed by atoms with E-state index in [4.69, 9.17) is 4.74 Å². The summed E-state index contributed by atoms with van der Waals surface area (Å²) in [6.07, 6.45) is 2.21. The molecule has 154 valence electrons. The van der Waals surface area contributed by atoms with Crippen LogP contribution in [-0.4, -0.2) is 55.7 Å². The highest BCUT2D eigenvalue weighted by atomic mass is 16.5. The van der Waals surface area contributed by atoms with Crippen LogP contribution in [0.2, 0.25) is 0 Å². The lowest BCUT2D eigenvalue weighted by atomic mass is 9.99. The molecule has 0 aliphatic carbocycles. The summed E-state index contributed by atoms with van der Waals surface area (Å²) in [6.45, 7) is 5.26. The monoisotopic (exact) mass is 396 g/mol. The zero-order chi connectivity index (χ0) is 20.2. The fourth-order valence-corrected chi connectivity index (χ4v) is 4.01. The van der Waals surface area contributed by atoms with Crippen molar-refractivity contribution in [2.24, 2.45) is 0 Å². The highest BCUT2D eigenvalue weighted by molar-refractivity contribution is 5.93. The molecule has 0 spiro atoms. The molecule has 2 N–H and O–H groups in total. The Labute approximate surface area is 170 Å². The van der Waals surface area contributed by atoms with E-state index >= 15 is 0 Å². The Morgan fingerprint density at radius 2 is 2.00 bits per heavy atom. The van der Waals surface area contributed by atoms with Gasteiger partial charge in [-0.05, 0) is 42.2 Å². The van der Waals surface area contributed by atoms with Gasteiger partial charge in [-0.25, -0.2) is 0 Å². The first-order valence-electron chi connectivity index (χ1n) is 10.2. The van der Waals surface area contributed by atoms with Crippen LogP contribution in [0, 0.1) is 0 Å². The molecule has 0 unspecified atom stereocenters. The van der Waals surface area contributed by atoms with Crippen LogP contribution in [0.5, 0.6) is 0 Å². The van der Waals surface area contributed by atoms with E-state index in [0.717, 1.165) is 43.7 Å². The van der Waals surface area contributed by atoms with Gasteiger partial charge in [-0.1, -0.05) is 12.1 Å². The lowest BCUT2D eigenvalue weighted by Crippen LogP contribution is -2.36. The molecule has 0 saturated carbocycles. The number of hydrogen-bond donors (Lipinski definition) is 2. The van der Waals surface area contributed by atoms with Crippen molar-refractivity contribution in [2.45, 2.75) is 25.9 Å². The van der Waals surface area contributed by atoms with Crippen molar-refractivity contribution >= 4 is 11.6 Å². The Kier molecular flexibility index (Phi) is 5.97. The number of ether oxygens (including phenoxy) is 1.